The number of hydrogen-bond donors (Lipinski definition) is 0. The van der Waals surface area contributed by atoms with E-state index >= 15 is 0 Å². The van der Waals surface area contributed by atoms with Gasteiger partial charge in [-0.05, 0) is 12.5 Å². The van der Waals surface area contributed by atoms with Crippen LogP contribution >= 0.6 is 0 Å². The van der Waals surface area contributed by atoms with E-state index in [-0.39, 0.29) is 27.8 Å². The Hall–Kier alpha value is -6.66. The van der Waals surface area contributed by atoms with Gasteiger partial charge in [0.15, 0.2) is 28.9 Å². The number of carbonyl (C=O) groups is 5. The van der Waals surface area contributed by atoms with Gasteiger partial charge < -0.3 is 0 Å². The fourth-order valence-electron chi connectivity index (χ4n) is 5.89. The first-order valence-corrected chi connectivity index (χ1v) is 15.4. The van der Waals surface area contributed by atoms with Gasteiger partial charge in [-0.3, -0.25) is 28.8 Å². The van der Waals surface area contributed by atoms with Crippen molar-refractivity contribution >= 4 is 35.2 Å². The highest BCUT2D eigenvalue weighted by molar-refractivity contribution is 6.35. The molecule has 6 heteroatoms. The molecule has 6 nitrogen and oxygen atoms in total. The first kappa shape index (κ1) is 32.3. The maximum absolute atomic E-state index is 14.9. The van der Waals surface area contributed by atoms with E-state index in [0.717, 1.165) is 0 Å². The van der Waals surface area contributed by atoms with Crippen LogP contribution in [-0.4, -0.2) is 35.2 Å². The summed E-state index contributed by atoms with van der Waals surface area (Å²) in [6.45, 7) is 1.70. The van der Waals surface area contributed by atoms with E-state index in [4.69, 9.17) is 0 Å². The Morgan fingerprint density at radius 3 is 1.00 bits per heavy atom. The Bertz CT molecular complexity index is 2260. The molecule has 0 saturated carbocycles. The molecule has 0 atom stereocenters. The Morgan fingerprint density at radius 2 is 0.653 bits per heavy atom. The van der Waals surface area contributed by atoms with Crippen molar-refractivity contribution in [1.82, 2.24) is 0 Å². The van der Waals surface area contributed by atoms with Crippen LogP contribution in [0.25, 0.3) is 0 Å². The van der Waals surface area contributed by atoms with Crippen LogP contribution in [-0.2, 0) is 4.79 Å². The van der Waals surface area contributed by atoms with Crippen molar-refractivity contribution in [3.63, 3.8) is 0 Å². The van der Waals surface area contributed by atoms with Gasteiger partial charge in [0, 0.05) is 61.2 Å². The second kappa shape index (κ2) is 14.0. The van der Waals surface area contributed by atoms with Crippen LogP contribution in [0.3, 0.4) is 0 Å². The van der Waals surface area contributed by atoms with Crippen LogP contribution in [0.2, 0.25) is 0 Å². The monoisotopic (exact) mass is 639 g/mol. The maximum atomic E-state index is 14.9. The molecule has 0 bridgehead atoms. The number of hydrogen-bond acceptors (Lipinski definition) is 6. The van der Waals surface area contributed by atoms with Crippen LogP contribution in [0.4, 0.5) is 0 Å². The minimum absolute atomic E-state index is 0.0929. The van der Waals surface area contributed by atoms with E-state index in [9.17, 15) is 28.8 Å². The molecule has 0 unspecified atom stereocenters. The molecule has 0 aliphatic heterocycles. The van der Waals surface area contributed by atoms with Gasteiger partial charge in [0.2, 0.25) is 6.29 Å². The molecule has 0 amide bonds. The van der Waals surface area contributed by atoms with E-state index in [0.29, 0.717) is 5.56 Å². The molecular weight excluding hydrogens is 612 g/mol. The minimum Gasteiger partial charge on any atom is -0.289 e. The molecule has 0 aromatic heterocycles. The van der Waals surface area contributed by atoms with Gasteiger partial charge in [-0.15, -0.1) is 0 Å². The summed E-state index contributed by atoms with van der Waals surface area (Å²) >= 11 is 0. The average Bonchev–Trinajstić information content (AvgIpc) is 3.17. The van der Waals surface area contributed by atoms with Gasteiger partial charge >= 0.3 is 0 Å². The molecule has 0 fully saturated rings. The van der Waals surface area contributed by atoms with Crippen molar-refractivity contribution in [2.45, 2.75) is 6.92 Å². The second-order valence-electron chi connectivity index (χ2n) is 11.3. The second-order valence-corrected chi connectivity index (χ2v) is 11.3. The molecule has 235 valence electrons. The zero-order chi connectivity index (χ0) is 34.5. The predicted molar refractivity (Wildman–Crippen MR) is 185 cm³/mol. The molecule has 49 heavy (non-hydrogen) atoms. The summed E-state index contributed by atoms with van der Waals surface area (Å²) in [4.78, 5) is 86.8. The molecule has 0 heterocycles. The maximum Gasteiger partial charge on any atom is 0.235 e. The van der Waals surface area contributed by atoms with Gasteiger partial charge in [0.05, 0.1) is 0 Å². The summed E-state index contributed by atoms with van der Waals surface area (Å²) in [5.41, 5.74) is -1.88. The summed E-state index contributed by atoms with van der Waals surface area (Å²) in [5.74, 6) is -3.92. The number of carbonyl (C=O) groups excluding carboxylic acids is 6. The van der Waals surface area contributed by atoms with E-state index in [1.165, 1.54) is 54.6 Å². The fraction of sp³-hybridized carbons (Fsp3) is 0.0233. The molecule has 0 aliphatic carbocycles. The van der Waals surface area contributed by atoms with Gasteiger partial charge in [-0.1, -0.05) is 146 Å². The standard InChI is InChI=1S/C43H27O6/c1-27-16-14-15-25-32(27)43(49)37-35(40(46)29-19-8-3-9-20-29)33(26-44)34(39(45)28-17-6-2-7-18-28)36(41(47)30-21-10-4-11-22-30)38(37)42(48)31-23-12-5-13-24-31/h2-25H,1H3. The van der Waals surface area contributed by atoms with Crippen LogP contribution in [0, 0.1) is 6.92 Å². The lowest BCUT2D eigenvalue weighted by molar-refractivity contribution is 0.0974. The third-order valence-electron chi connectivity index (χ3n) is 8.27. The topological polar surface area (TPSA) is 102 Å². The van der Waals surface area contributed by atoms with E-state index < -0.39 is 62.3 Å². The Labute approximate surface area is 282 Å². The Morgan fingerprint density at radius 1 is 0.367 bits per heavy atom. The smallest absolute Gasteiger partial charge is 0.235 e. The van der Waals surface area contributed by atoms with Crippen molar-refractivity contribution in [1.29, 1.82) is 0 Å². The minimum atomic E-state index is -0.794. The van der Waals surface area contributed by atoms with Crippen molar-refractivity contribution in [2.24, 2.45) is 0 Å². The number of ketones is 5. The summed E-state index contributed by atoms with van der Waals surface area (Å²) in [6.07, 6.45) is 1.77. The highest BCUT2D eigenvalue weighted by Crippen LogP contribution is 2.36. The molecule has 0 spiro atoms. The van der Waals surface area contributed by atoms with Crippen LogP contribution in [0.15, 0.2) is 146 Å². The lowest BCUT2D eigenvalue weighted by Gasteiger charge is -2.23. The van der Waals surface area contributed by atoms with Crippen molar-refractivity contribution < 1.29 is 28.8 Å². The zero-order valence-corrected chi connectivity index (χ0v) is 26.3. The van der Waals surface area contributed by atoms with Gasteiger partial charge in [-0.25, -0.2) is 0 Å². The highest BCUT2D eigenvalue weighted by Gasteiger charge is 2.39. The summed E-state index contributed by atoms with van der Waals surface area (Å²) in [7, 11) is 0. The lowest BCUT2D eigenvalue weighted by Crippen LogP contribution is -2.28. The number of rotatable bonds is 11. The van der Waals surface area contributed by atoms with Crippen molar-refractivity contribution in [3.05, 3.63) is 212 Å². The van der Waals surface area contributed by atoms with Gasteiger partial charge in [0.1, 0.15) is 0 Å². The normalized spacial score (nSPS) is 10.6. The fourth-order valence-corrected chi connectivity index (χ4v) is 5.89. The molecule has 0 aliphatic rings. The quantitative estimate of drug-likeness (QED) is 0.135. The highest BCUT2D eigenvalue weighted by atomic mass is 16.2. The average molecular weight is 640 g/mol. The van der Waals surface area contributed by atoms with Gasteiger partial charge in [0.25, 0.3) is 0 Å². The number of aryl methyl sites for hydroxylation is 1. The zero-order valence-electron chi connectivity index (χ0n) is 26.3. The third kappa shape index (κ3) is 6.11. The molecule has 6 rings (SSSR count). The molecule has 0 saturated heterocycles. The lowest BCUT2D eigenvalue weighted by atomic mass is 9.75. The predicted octanol–water partition coefficient (Wildman–Crippen LogP) is 7.61. The van der Waals surface area contributed by atoms with Crippen molar-refractivity contribution in [3.8, 4) is 0 Å². The van der Waals surface area contributed by atoms with Crippen LogP contribution in [0.1, 0.15) is 90.7 Å². The Kier molecular flexibility index (Phi) is 9.22. The van der Waals surface area contributed by atoms with E-state index in [1.807, 2.05) is 0 Å². The number of benzene rings is 6. The summed E-state index contributed by atoms with van der Waals surface area (Å²) in [6, 6.07) is 38.3. The largest absolute Gasteiger partial charge is 0.289 e. The molecule has 6 aromatic rings. The van der Waals surface area contributed by atoms with Crippen LogP contribution in [0.5, 0.6) is 0 Å². The van der Waals surface area contributed by atoms with Crippen molar-refractivity contribution in [2.75, 3.05) is 0 Å². The van der Waals surface area contributed by atoms with E-state index in [1.54, 1.807) is 104 Å². The molecular formula is C43H27O6. The van der Waals surface area contributed by atoms with Crippen LogP contribution < -0.4 is 0 Å². The summed E-state index contributed by atoms with van der Waals surface area (Å²) < 4.78 is 0. The third-order valence-corrected chi connectivity index (χ3v) is 8.27. The summed E-state index contributed by atoms with van der Waals surface area (Å²) in [5, 5.41) is 0. The first-order chi connectivity index (χ1) is 23.8. The first-order valence-electron chi connectivity index (χ1n) is 15.4. The van der Waals surface area contributed by atoms with E-state index in [2.05, 4.69) is 0 Å². The Balaban J connectivity index is 1.87. The van der Waals surface area contributed by atoms with Gasteiger partial charge in [-0.2, -0.15) is 0 Å². The SMILES string of the molecule is Cc1ccccc1C(=O)c1c(C(=O)c2ccccc2)c([C]=O)c(C(=O)c2ccccc2)c(C(=O)c2ccccc2)c1C(=O)c1ccccc1. The molecule has 1 radical (unpaired) electrons. The molecule has 0 N–H and O–H groups in total. The molecule has 6 aromatic carbocycles.